The molecule has 11 heteroatoms. The van der Waals surface area contributed by atoms with E-state index in [1.165, 1.54) is 0 Å². The van der Waals surface area contributed by atoms with Crippen LogP contribution < -0.4 is 10.2 Å². The largest absolute Gasteiger partial charge is 0.341 e. The number of piperidine rings is 1. The van der Waals surface area contributed by atoms with Crippen molar-refractivity contribution in [2.45, 2.75) is 50.5 Å². The van der Waals surface area contributed by atoms with E-state index in [0.29, 0.717) is 18.8 Å². The summed E-state index contributed by atoms with van der Waals surface area (Å²) < 4.78 is 33.1. The molecule has 3 aromatic rings. The van der Waals surface area contributed by atoms with E-state index in [1.54, 1.807) is 29.3 Å². The fraction of sp³-hybridized carbons (Fsp3) is 0.591. The Hall–Kier alpha value is -3.11. The topological polar surface area (TPSA) is 89.6 Å². The molecule has 1 aliphatic heterocycles. The molecule has 2 saturated carbocycles. The number of halogens is 2. The van der Waals surface area contributed by atoms with Crippen molar-refractivity contribution in [1.29, 1.82) is 0 Å². The van der Waals surface area contributed by atoms with E-state index >= 15 is 0 Å². The summed E-state index contributed by atoms with van der Waals surface area (Å²) in [6.45, 7) is 1.81. The highest BCUT2D eigenvalue weighted by atomic mass is 19.3. The van der Waals surface area contributed by atoms with E-state index in [-0.39, 0.29) is 12.5 Å². The molecule has 0 radical (unpaired) electrons. The summed E-state index contributed by atoms with van der Waals surface area (Å²) in [6.07, 6.45) is 10.8. The Balaban J connectivity index is 1.25. The molecule has 1 saturated heterocycles. The minimum Gasteiger partial charge on any atom is -0.341 e. The summed E-state index contributed by atoms with van der Waals surface area (Å²) in [6, 6.07) is 1.80. The molecule has 3 aromatic heterocycles. The van der Waals surface area contributed by atoms with Gasteiger partial charge < -0.3 is 10.2 Å². The number of aromatic nitrogens is 7. The highest BCUT2D eigenvalue weighted by Gasteiger charge is 2.81. The summed E-state index contributed by atoms with van der Waals surface area (Å²) in [4.78, 5) is 10.9. The Labute approximate surface area is 190 Å². The number of anilines is 3. The lowest BCUT2D eigenvalue weighted by atomic mass is 9.79. The molecule has 0 bridgehead atoms. The van der Waals surface area contributed by atoms with Gasteiger partial charge in [0.2, 0.25) is 11.9 Å². The van der Waals surface area contributed by atoms with Crippen molar-refractivity contribution in [2.24, 2.45) is 18.4 Å². The van der Waals surface area contributed by atoms with Crippen LogP contribution in [-0.2, 0) is 13.6 Å². The van der Waals surface area contributed by atoms with Crippen LogP contribution in [0.2, 0.25) is 0 Å². The van der Waals surface area contributed by atoms with Gasteiger partial charge in [0.25, 0.3) is 5.92 Å². The number of hydrogen-bond acceptors (Lipinski definition) is 7. The number of hydrogen-bond donors (Lipinski definition) is 1. The Bertz CT molecular complexity index is 1130. The van der Waals surface area contributed by atoms with Gasteiger partial charge in [0, 0.05) is 56.6 Å². The van der Waals surface area contributed by atoms with Gasteiger partial charge in [-0.15, -0.1) is 10.2 Å². The average Bonchev–Trinajstić information content (AvgIpc) is 3.11. The number of rotatable bonds is 6. The van der Waals surface area contributed by atoms with Crippen molar-refractivity contribution in [1.82, 2.24) is 34.5 Å². The first-order valence-electron chi connectivity index (χ1n) is 11.6. The molecule has 2 aliphatic carbocycles. The minimum absolute atomic E-state index is 0.145. The summed E-state index contributed by atoms with van der Waals surface area (Å²) in [5, 5.41) is 16.3. The van der Waals surface area contributed by atoms with Gasteiger partial charge in [0.15, 0.2) is 0 Å². The Morgan fingerprint density at radius 1 is 1.12 bits per heavy atom. The van der Waals surface area contributed by atoms with E-state index < -0.39 is 17.3 Å². The second-order valence-corrected chi connectivity index (χ2v) is 9.52. The van der Waals surface area contributed by atoms with Gasteiger partial charge in [0.05, 0.1) is 17.8 Å². The summed E-state index contributed by atoms with van der Waals surface area (Å²) >= 11 is 0. The van der Waals surface area contributed by atoms with Crippen molar-refractivity contribution >= 4 is 17.6 Å². The quantitative estimate of drug-likeness (QED) is 0.610. The summed E-state index contributed by atoms with van der Waals surface area (Å²) in [5.74, 6) is -1.10. The number of nitrogens with one attached hydrogen (secondary N) is 1. The molecule has 1 atom stereocenters. The first kappa shape index (κ1) is 20.5. The normalized spacial score (nSPS) is 23.5. The summed E-state index contributed by atoms with van der Waals surface area (Å²) in [5.41, 5.74) is -0.0524. The van der Waals surface area contributed by atoms with Crippen molar-refractivity contribution in [3.8, 4) is 0 Å². The molecule has 3 fully saturated rings. The smallest absolute Gasteiger partial charge is 0.259 e. The molecular formula is C22H27F2N9. The standard InChI is InChI=1S/C22H27F2N9/c1-31-13-16(12-27-31)28-20-30-29-18(33(20)14-17-21(6-2-7-21)22(17,23)24)15-4-10-32(11-5-15)19-25-8-3-9-26-19/h3,8-9,12-13,15,17H,2,4-7,10-11,14H2,1H3,(H,28,30). The molecular weight excluding hydrogens is 428 g/mol. The van der Waals surface area contributed by atoms with Crippen LogP contribution in [0.5, 0.6) is 0 Å². The molecule has 9 nitrogen and oxygen atoms in total. The molecule has 33 heavy (non-hydrogen) atoms. The average molecular weight is 456 g/mol. The highest BCUT2D eigenvalue weighted by Crippen LogP contribution is 2.75. The third-order valence-electron chi connectivity index (χ3n) is 7.73. The predicted octanol–water partition coefficient (Wildman–Crippen LogP) is 3.36. The van der Waals surface area contributed by atoms with Crippen LogP contribution in [0.3, 0.4) is 0 Å². The van der Waals surface area contributed by atoms with Gasteiger partial charge >= 0.3 is 0 Å². The third kappa shape index (κ3) is 3.27. The Morgan fingerprint density at radius 2 is 1.88 bits per heavy atom. The minimum atomic E-state index is -2.60. The van der Waals surface area contributed by atoms with Crippen molar-refractivity contribution in [3.05, 3.63) is 36.7 Å². The molecule has 0 amide bonds. The van der Waals surface area contributed by atoms with Crippen molar-refractivity contribution < 1.29 is 8.78 Å². The van der Waals surface area contributed by atoms with Gasteiger partial charge in [0.1, 0.15) is 5.82 Å². The molecule has 174 valence electrons. The molecule has 4 heterocycles. The van der Waals surface area contributed by atoms with Gasteiger partial charge in [-0.25, -0.2) is 18.7 Å². The van der Waals surface area contributed by atoms with Gasteiger partial charge in [-0.1, -0.05) is 6.42 Å². The first-order valence-corrected chi connectivity index (χ1v) is 11.6. The maximum absolute atomic E-state index is 14.8. The maximum Gasteiger partial charge on any atom is 0.259 e. The fourth-order valence-corrected chi connectivity index (χ4v) is 5.60. The lowest BCUT2D eigenvalue weighted by Gasteiger charge is -2.31. The summed E-state index contributed by atoms with van der Waals surface area (Å²) in [7, 11) is 1.83. The van der Waals surface area contributed by atoms with Crippen molar-refractivity contribution in [3.63, 3.8) is 0 Å². The van der Waals surface area contributed by atoms with Crippen molar-refractivity contribution in [2.75, 3.05) is 23.3 Å². The molecule has 6 rings (SSSR count). The second kappa shape index (κ2) is 7.46. The molecule has 3 aliphatic rings. The molecule has 1 unspecified atom stereocenters. The van der Waals surface area contributed by atoms with E-state index in [1.807, 2.05) is 17.8 Å². The number of aryl methyl sites for hydroxylation is 1. The Morgan fingerprint density at radius 3 is 2.48 bits per heavy atom. The predicted molar refractivity (Wildman–Crippen MR) is 117 cm³/mol. The second-order valence-electron chi connectivity index (χ2n) is 9.52. The van der Waals surface area contributed by atoms with Gasteiger partial charge in [-0.3, -0.25) is 9.25 Å². The molecule has 1 spiro atoms. The van der Waals surface area contributed by atoms with E-state index in [4.69, 9.17) is 0 Å². The number of nitrogens with zero attached hydrogens (tertiary/aromatic N) is 8. The number of alkyl halides is 2. The maximum atomic E-state index is 14.8. The zero-order valence-corrected chi connectivity index (χ0v) is 18.5. The van der Waals surface area contributed by atoms with Crippen LogP contribution >= 0.6 is 0 Å². The lowest BCUT2D eigenvalue weighted by Crippen LogP contribution is -2.35. The van der Waals surface area contributed by atoms with E-state index in [2.05, 4.69) is 35.5 Å². The van der Waals surface area contributed by atoms with Crippen LogP contribution in [-0.4, -0.2) is 53.5 Å². The Kier molecular flexibility index (Phi) is 4.63. The monoisotopic (exact) mass is 455 g/mol. The molecule has 0 aromatic carbocycles. The van der Waals surface area contributed by atoms with Gasteiger partial charge in [-0.05, 0) is 31.7 Å². The van der Waals surface area contributed by atoms with Crippen LogP contribution in [0.4, 0.5) is 26.4 Å². The SMILES string of the molecule is Cn1cc(Nc2nnc(C3CCN(c4ncccn4)CC3)n2CC2C(F)(F)C23CCC3)cn1. The third-order valence-corrected chi connectivity index (χ3v) is 7.73. The van der Waals surface area contributed by atoms with Crippen LogP contribution in [0.15, 0.2) is 30.9 Å². The van der Waals surface area contributed by atoms with E-state index in [9.17, 15) is 8.78 Å². The van der Waals surface area contributed by atoms with Crippen LogP contribution in [0.1, 0.15) is 43.8 Å². The fourth-order valence-electron chi connectivity index (χ4n) is 5.60. The zero-order chi connectivity index (χ0) is 22.6. The lowest BCUT2D eigenvalue weighted by molar-refractivity contribution is 0.0275. The van der Waals surface area contributed by atoms with Gasteiger partial charge in [-0.2, -0.15) is 5.10 Å². The highest BCUT2D eigenvalue weighted by molar-refractivity contribution is 5.51. The van der Waals surface area contributed by atoms with Crippen LogP contribution in [0, 0.1) is 11.3 Å². The zero-order valence-electron chi connectivity index (χ0n) is 18.5. The first-order chi connectivity index (χ1) is 16.0. The molecule has 1 N–H and O–H groups in total. The van der Waals surface area contributed by atoms with Crippen LogP contribution in [0.25, 0.3) is 0 Å². The van der Waals surface area contributed by atoms with E-state index in [0.717, 1.165) is 49.8 Å².